The Morgan fingerprint density at radius 2 is 0.575 bits per heavy atom. The maximum atomic E-state index is 2.43. The number of rotatable bonds is 2. The molecule has 7 aromatic carbocycles. The molecule has 9 aromatic rings. The van der Waals surface area contributed by atoms with Crippen LogP contribution in [-0.2, 0) is 0 Å². The number of fused-ring (bicyclic) bond motifs is 8. The predicted octanol–water partition coefficient (Wildman–Crippen LogP) is 10.2. The van der Waals surface area contributed by atoms with Gasteiger partial charge < -0.3 is 9.13 Å². The van der Waals surface area contributed by atoms with Crippen LogP contribution in [0.1, 0.15) is 0 Å². The summed E-state index contributed by atoms with van der Waals surface area (Å²) in [5, 5.41) is 10.1. The van der Waals surface area contributed by atoms with Crippen LogP contribution in [0.15, 0.2) is 146 Å². The number of benzene rings is 7. The summed E-state index contributed by atoms with van der Waals surface area (Å²) in [6.45, 7) is 0. The van der Waals surface area contributed by atoms with Gasteiger partial charge in [0.25, 0.3) is 0 Å². The van der Waals surface area contributed by atoms with Gasteiger partial charge in [-0.3, -0.25) is 0 Å². The minimum atomic E-state index is 1.18. The Kier molecular flexibility index (Phi) is 4.36. The molecule has 0 aliphatic heterocycles. The third kappa shape index (κ3) is 2.99. The van der Waals surface area contributed by atoms with E-state index in [1.165, 1.54) is 76.5 Å². The molecule has 0 N–H and O–H groups in total. The summed E-state index contributed by atoms with van der Waals surface area (Å²) < 4.78 is 4.87. The summed E-state index contributed by atoms with van der Waals surface area (Å²) in [5.41, 5.74) is 7.26. The smallest absolute Gasteiger partial charge is 0.0548 e. The van der Waals surface area contributed by atoms with Crippen LogP contribution in [0, 0.1) is 0 Å². The van der Waals surface area contributed by atoms with Gasteiger partial charge in [-0.1, -0.05) is 84.9 Å². The van der Waals surface area contributed by atoms with Crippen LogP contribution in [-0.4, -0.2) is 9.13 Å². The summed E-state index contributed by atoms with van der Waals surface area (Å²) in [5.74, 6) is 0. The van der Waals surface area contributed by atoms with Gasteiger partial charge in [-0.15, -0.1) is 0 Å². The van der Waals surface area contributed by atoms with E-state index >= 15 is 0 Å². The van der Waals surface area contributed by atoms with E-state index in [1.807, 2.05) is 0 Å². The quantitative estimate of drug-likeness (QED) is 0.220. The molecule has 0 bridgehead atoms. The minimum Gasteiger partial charge on any atom is -0.309 e. The zero-order chi connectivity index (χ0) is 26.2. The molecule has 0 spiro atoms. The van der Waals surface area contributed by atoms with Crippen molar-refractivity contribution in [3.8, 4) is 11.4 Å². The van der Waals surface area contributed by atoms with Gasteiger partial charge in [0.2, 0.25) is 0 Å². The lowest BCUT2D eigenvalue weighted by Gasteiger charge is -2.09. The van der Waals surface area contributed by atoms with Crippen molar-refractivity contribution < 1.29 is 0 Å². The van der Waals surface area contributed by atoms with E-state index in [4.69, 9.17) is 0 Å². The Bertz CT molecular complexity index is 2240. The summed E-state index contributed by atoms with van der Waals surface area (Å²) >= 11 is 0. The van der Waals surface area contributed by atoms with E-state index in [2.05, 4.69) is 155 Å². The number of hydrogen-bond donors (Lipinski definition) is 0. The molecule has 2 nitrogen and oxygen atoms in total. The summed E-state index contributed by atoms with van der Waals surface area (Å²) in [4.78, 5) is 0. The fourth-order valence-electron chi connectivity index (χ4n) is 6.61. The lowest BCUT2D eigenvalue weighted by molar-refractivity contribution is 1.18. The zero-order valence-electron chi connectivity index (χ0n) is 21.8. The van der Waals surface area contributed by atoms with Gasteiger partial charge in [0.1, 0.15) is 0 Å². The first-order valence-corrected chi connectivity index (χ1v) is 13.8. The highest BCUT2D eigenvalue weighted by Crippen LogP contribution is 2.41. The van der Waals surface area contributed by atoms with Crippen molar-refractivity contribution in [3.63, 3.8) is 0 Å². The van der Waals surface area contributed by atoms with Crippen molar-refractivity contribution in [2.75, 3.05) is 0 Å². The molecule has 0 aliphatic rings. The van der Waals surface area contributed by atoms with Gasteiger partial charge in [-0.25, -0.2) is 0 Å². The number of aromatic nitrogens is 2. The molecule has 0 fully saturated rings. The highest BCUT2D eigenvalue weighted by atomic mass is 15.0. The molecule has 2 heterocycles. The van der Waals surface area contributed by atoms with E-state index in [0.717, 1.165) is 0 Å². The summed E-state index contributed by atoms with van der Waals surface area (Å²) in [6, 6.07) is 53.1. The van der Waals surface area contributed by atoms with Crippen LogP contribution < -0.4 is 0 Å². The second kappa shape index (κ2) is 8.08. The monoisotopic (exact) mass is 508 g/mol. The second-order valence-corrected chi connectivity index (χ2v) is 10.7. The van der Waals surface area contributed by atoms with Crippen molar-refractivity contribution >= 4 is 65.2 Å². The first kappa shape index (κ1) is 21.6. The van der Waals surface area contributed by atoms with Gasteiger partial charge in [0.05, 0.1) is 22.1 Å². The maximum Gasteiger partial charge on any atom is 0.0548 e. The largest absolute Gasteiger partial charge is 0.309 e. The first-order valence-electron chi connectivity index (χ1n) is 13.8. The van der Waals surface area contributed by atoms with Crippen molar-refractivity contribution in [1.82, 2.24) is 9.13 Å². The SMILES string of the molecule is c1ccc(-n2c3cc4ccccc4cc3c3cc4c(cc32)c2cc3ccccc3cc2n4-c2ccccc2)cc1. The van der Waals surface area contributed by atoms with Gasteiger partial charge in [-0.2, -0.15) is 0 Å². The molecule has 0 saturated heterocycles. The Labute approximate surface area is 230 Å². The Hall–Kier alpha value is -5.34. The van der Waals surface area contributed by atoms with E-state index in [0.29, 0.717) is 0 Å². The molecule has 0 amide bonds. The third-order valence-corrected chi connectivity index (χ3v) is 8.41. The van der Waals surface area contributed by atoms with Gasteiger partial charge >= 0.3 is 0 Å². The Morgan fingerprint density at radius 1 is 0.275 bits per heavy atom. The van der Waals surface area contributed by atoms with Crippen LogP contribution in [0.2, 0.25) is 0 Å². The number of nitrogens with zero attached hydrogens (tertiary/aromatic N) is 2. The number of para-hydroxylation sites is 2. The van der Waals surface area contributed by atoms with Crippen molar-refractivity contribution in [2.45, 2.75) is 0 Å². The molecular formula is C38H24N2. The molecule has 2 heteroatoms. The second-order valence-electron chi connectivity index (χ2n) is 10.7. The standard InChI is InChI=1S/C38H24N2/c1-3-15-29(16-4-1)39-35-21-27-13-9-7-11-25(27)19-31(35)33-24-38-34(23-37(33)39)32-20-26-12-8-10-14-28(26)22-36(32)40(38)30-17-5-2-6-18-30/h1-24H. The molecule has 0 unspecified atom stereocenters. The van der Waals surface area contributed by atoms with Crippen LogP contribution in [0.3, 0.4) is 0 Å². The molecule has 2 aromatic heterocycles. The van der Waals surface area contributed by atoms with Crippen LogP contribution in [0.4, 0.5) is 0 Å². The maximum absolute atomic E-state index is 2.43. The van der Waals surface area contributed by atoms with Crippen molar-refractivity contribution in [3.05, 3.63) is 146 Å². The van der Waals surface area contributed by atoms with E-state index < -0.39 is 0 Å². The Morgan fingerprint density at radius 3 is 0.975 bits per heavy atom. The molecule has 40 heavy (non-hydrogen) atoms. The molecule has 0 saturated carbocycles. The van der Waals surface area contributed by atoms with E-state index in [1.54, 1.807) is 0 Å². The predicted molar refractivity (Wildman–Crippen MR) is 170 cm³/mol. The van der Waals surface area contributed by atoms with Gasteiger partial charge in [0, 0.05) is 32.9 Å². The van der Waals surface area contributed by atoms with Gasteiger partial charge in [0.15, 0.2) is 0 Å². The molecule has 0 aliphatic carbocycles. The van der Waals surface area contributed by atoms with E-state index in [9.17, 15) is 0 Å². The first-order chi connectivity index (χ1) is 19.8. The molecule has 9 rings (SSSR count). The zero-order valence-corrected chi connectivity index (χ0v) is 21.8. The lowest BCUT2D eigenvalue weighted by Crippen LogP contribution is -1.94. The summed E-state index contributed by atoms with van der Waals surface area (Å²) in [7, 11) is 0. The van der Waals surface area contributed by atoms with Crippen LogP contribution >= 0.6 is 0 Å². The third-order valence-electron chi connectivity index (χ3n) is 8.41. The number of hydrogen-bond acceptors (Lipinski definition) is 0. The van der Waals surface area contributed by atoms with E-state index in [-0.39, 0.29) is 0 Å². The average molecular weight is 509 g/mol. The highest BCUT2D eigenvalue weighted by Gasteiger charge is 2.19. The average Bonchev–Trinajstić information content (AvgIpc) is 3.49. The molecule has 186 valence electrons. The summed E-state index contributed by atoms with van der Waals surface area (Å²) in [6.07, 6.45) is 0. The minimum absolute atomic E-state index is 1.18. The fraction of sp³-hybridized carbons (Fsp3) is 0. The van der Waals surface area contributed by atoms with Gasteiger partial charge in [-0.05, 0) is 82.2 Å². The highest BCUT2D eigenvalue weighted by molar-refractivity contribution is 6.21. The topological polar surface area (TPSA) is 9.86 Å². The van der Waals surface area contributed by atoms with Crippen LogP contribution in [0.5, 0.6) is 0 Å². The fourth-order valence-corrected chi connectivity index (χ4v) is 6.61. The van der Waals surface area contributed by atoms with Crippen molar-refractivity contribution in [2.24, 2.45) is 0 Å². The molecule has 0 radical (unpaired) electrons. The lowest BCUT2D eigenvalue weighted by atomic mass is 10.0. The molecule has 0 atom stereocenters. The molecular weight excluding hydrogens is 484 g/mol. The Balaban J connectivity index is 1.52. The van der Waals surface area contributed by atoms with Crippen molar-refractivity contribution in [1.29, 1.82) is 0 Å². The van der Waals surface area contributed by atoms with Crippen LogP contribution in [0.25, 0.3) is 76.5 Å². The normalized spacial score (nSPS) is 12.0.